The number of benzene rings is 2. The average Bonchev–Trinajstić information content (AvgIpc) is 2.54. The normalized spacial score (nSPS) is 11.9. The van der Waals surface area contributed by atoms with Crippen molar-refractivity contribution in [3.8, 4) is 11.5 Å². The smallest absolute Gasteiger partial charge is 0.418 e. The fourth-order valence-corrected chi connectivity index (χ4v) is 3.12. The molecule has 2 aromatic rings. The summed E-state index contributed by atoms with van der Waals surface area (Å²) in [6, 6.07) is 5.17. The largest absolute Gasteiger partial charge is 0.493 e. The molecule has 1 N–H and O–H groups in total. The highest BCUT2D eigenvalue weighted by atomic mass is 32.2. The van der Waals surface area contributed by atoms with Crippen molar-refractivity contribution in [3.63, 3.8) is 0 Å². The van der Waals surface area contributed by atoms with Gasteiger partial charge in [-0.15, -0.1) is 0 Å². The third-order valence-corrected chi connectivity index (χ3v) is 4.56. The fraction of sp³-hybridized carbons (Fsp3) is 0.200. The predicted octanol–water partition coefficient (Wildman–Crippen LogP) is 3.66. The van der Waals surface area contributed by atoms with E-state index in [1.165, 1.54) is 20.3 Å². The van der Waals surface area contributed by atoms with Crippen LogP contribution < -0.4 is 14.2 Å². The molecule has 0 spiro atoms. The summed E-state index contributed by atoms with van der Waals surface area (Å²) >= 11 is 0. The zero-order chi connectivity index (χ0) is 18.8. The first-order valence-corrected chi connectivity index (χ1v) is 8.18. The van der Waals surface area contributed by atoms with E-state index in [0.717, 1.165) is 18.2 Å². The van der Waals surface area contributed by atoms with Crippen LogP contribution >= 0.6 is 0 Å². The molecular weight excluding hydrogens is 366 g/mol. The van der Waals surface area contributed by atoms with Gasteiger partial charge in [0.15, 0.2) is 11.5 Å². The van der Waals surface area contributed by atoms with E-state index in [1.54, 1.807) is 0 Å². The van der Waals surface area contributed by atoms with Crippen LogP contribution in [0.15, 0.2) is 41.3 Å². The van der Waals surface area contributed by atoms with Crippen LogP contribution in [0, 0.1) is 5.82 Å². The molecule has 0 atom stereocenters. The Kier molecular flexibility index (Phi) is 5.12. The molecule has 0 saturated heterocycles. The monoisotopic (exact) mass is 379 g/mol. The minimum absolute atomic E-state index is 0.0838. The Morgan fingerprint density at radius 1 is 0.960 bits per heavy atom. The van der Waals surface area contributed by atoms with Gasteiger partial charge in [-0.05, 0) is 30.3 Å². The molecule has 0 fully saturated rings. The number of anilines is 1. The number of nitrogens with one attached hydrogen (secondary N) is 1. The molecule has 0 radical (unpaired) electrons. The number of hydrogen-bond acceptors (Lipinski definition) is 4. The van der Waals surface area contributed by atoms with Gasteiger partial charge in [-0.2, -0.15) is 13.2 Å². The molecule has 0 unspecified atom stereocenters. The van der Waals surface area contributed by atoms with E-state index in [9.17, 15) is 26.0 Å². The molecule has 0 amide bonds. The lowest BCUT2D eigenvalue weighted by Gasteiger charge is -2.15. The quantitative estimate of drug-likeness (QED) is 0.806. The van der Waals surface area contributed by atoms with Crippen molar-refractivity contribution in [1.29, 1.82) is 0 Å². The van der Waals surface area contributed by atoms with E-state index in [1.807, 2.05) is 4.72 Å². The van der Waals surface area contributed by atoms with Crippen molar-refractivity contribution in [1.82, 2.24) is 0 Å². The number of ether oxygens (including phenoxy) is 2. The van der Waals surface area contributed by atoms with E-state index in [2.05, 4.69) is 0 Å². The summed E-state index contributed by atoms with van der Waals surface area (Å²) in [7, 11) is -1.75. The second-order valence-electron chi connectivity index (χ2n) is 4.81. The van der Waals surface area contributed by atoms with Crippen molar-refractivity contribution in [2.24, 2.45) is 0 Å². The maximum absolute atomic E-state index is 13.1. The Morgan fingerprint density at radius 2 is 1.60 bits per heavy atom. The average molecular weight is 379 g/mol. The first-order valence-electron chi connectivity index (χ1n) is 6.70. The second-order valence-corrected chi connectivity index (χ2v) is 6.49. The molecule has 0 aliphatic carbocycles. The predicted molar refractivity (Wildman–Crippen MR) is 81.8 cm³/mol. The molecule has 0 aliphatic heterocycles. The van der Waals surface area contributed by atoms with Gasteiger partial charge in [0.2, 0.25) is 0 Å². The lowest BCUT2D eigenvalue weighted by Crippen LogP contribution is -2.17. The van der Waals surface area contributed by atoms with Crippen molar-refractivity contribution in [2.45, 2.75) is 11.1 Å². The molecule has 0 aromatic heterocycles. The lowest BCUT2D eigenvalue weighted by atomic mass is 10.2. The van der Waals surface area contributed by atoms with Gasteiger partial charge >= 0.3 is 6.18 Å². The van der Waals surface area contributed by atoms with Gasteiger partial charge in [-0.1, -0.05) is 0 Å². The van der Waals surface area contributed by atoms with Crippen LogP contribution in [0.25, 0.3) is 0 Å². The highest BCUT2D eigenvalue weighted by Gasteiger charge is 2.35. The molecule has 0 bridgehead atoms. The minimum Gasteiger partial charge on any atom is -0.493 e. The van der Waals surface area contributed by atoms with Crippen molar-refractivity contribution in [2.75, 3.05) is 18.9 Å². The SMILES string of the molecule is COc1ccc(S(=O)(=O)Nc2ccc(F)cc2C(F)(F)F)cc1OC. The van der Waals surface area contributed by atoms with Crippen molar-refractivity contribution >= 4 is 15.7 Å². The Hall–Kier alpha value is -2.49. The highest BCUT2D eigenvalue weighted by molar-refractivity contribution is 7.92. The van der Waals surface area contributed by atoms with Crippen LogP contribution in [0.5, 0.6) is 11.5 Å². The minimum atomic E-state index is -4.93. The standard InChI is InChI=1S/C15H13F4NO4S/c1-23-13-6-4-10(8-14(13)24-2)25(21,22)20-12-5-3-9(16)7-11(12)15(17,18)19/h3-8,20H,1-2H3. The zero-order valence-electron chi connectivity index (χ0n) is 13.0. The van der Waals surface area contributed by atoms with Gasteiger partial charge in [-0.25, -0.2) is 12.8 Å². The summed E-state index contributed by atoms with van der Waals surface area (Å²) in [4.78, 5) is -0.345. The Bertz CT molecular complexity index is 882. The maximum atomic E-state index is 13.1. The number of methoxy groups -OCH3 is 2. The van der Waals surface area contributed by atoms with Crippen LogP contribution in [0.3, 0.4) is 0 Å². The van der Waals surface area contributed by atoms with Gasteiger partial charge < -0.3 is 9.47 Å². The summed E-state index contributed by atoms with van der Waals surface area (Å²) < 4.78 is 88.5. The van der Waals surface area contributed by atoms with Gasteiger partial charge in [0.1, 0.15) is 5.82 Å². The zero-order valence-corrected chi connectivity index (χ0v) is 13.8. The van der Waals surface area contributed by atoms with Crippen molar-refractivity contribution in [3.05, 3.63) is 47.8 Å². The third kappa shape index (κ3) is 4.13. The van der Waals surface area contributed by atoms with E-state index in [-0.39, 0.29) is 22.5 Å². The summed E-state index contributed by atoms with van der Waals surface area (Å²) in [6.45, 7) is 0. The van der Waals surface area contributed by atoms with Crippen LogP contribution in [0.1, 0.15) is 5.56 Å². The Balaban J connectivity index is 2.47. The molecule has 25 heavy (non-hydrogen) atoms. The Labute approximate surface area is 141 Å². The van der Waals surface area contributed by atoms with Crippen molar-refractivity contribution < 1.29 is 35.5 Å². The summed E-state index contributed by atoms with van der Waals surface area (Å²) in [6.07, 6.45) is -4.93. The highest BCUT2D eigenvalue weighted by Crippen LogP contribution is 2.37. The van der Waals surface area contributed by atoms with E-state index < -0.39 is 33.3 Å². The summed E-state index contributed by atoms with van der Waals surface area (Å²) in [5.41, 5.74) is -2.22. The van der Waals surface area contributed by atoms with Crippen LogP contribution in [-0.2, 0) is 16.2 Å². The van der Waals surface area contributed by atoms with Gasteiger partial charge in [0.05, 0.1) is 30.4 Å². The van der Waals surface area contributed by atoms with E-state index >= 15 is 0 Å². The van der Waals surface area contributed by atoms with Crippen LogP contribution in [-0.4, -0.2) is 22.6 Å². The number of hydrogen-bond donors (Lipinski definition) is 1. The fourth-order valence-electron chi connectivity index (χ4n) is 2.03. The third-order valence-electron chi connectivity index (χ3n) is 3.20. The topological polar surface area (TPSA) is 64.6 Å². The maximum Gasteiger partial charge on any atom is 0.418 e. The van der Waals surface area contributed by atoms with Crippen LogP contribution in [0.4, 0.5) is 23.2 Å². The summed E-state index contributed by atoms with van der Waals surface area (Å²) in [5, 5.41) is 0. The molecule has 136 valence electrons. The molecule has 2 aromatic carbocycles. The van der Waals surface area contributed by atoms with E-state index in [0.29, 0.717) is 6.07 Å². The summed E-state index contributed by atoms with van der Waals surface area (Å²) in [5.74, 6) is -0.805. The number of alkyl halides is 3. The molecule has 0 saturated carbocycles. The number of rotatable bonds is 5. The van der Waals surface area contributed by atoms with Gasteiger partial charge in [0.25, 0.3) is 10.0 Å². The molecule has 5 nitrogen and oxygen atoms in total. The number of sulfonamides is 1. The molecular formula is C15H13F4NO4S. The molecule has 0 heterocycles. The Morgan fingerprint density at radius 3 is 2.16 bits per heavy atom. The first-order chi connectivity index (χ1) is 11.6. The van der Waals surface area contributed by atoms with Gasteiger partial charge in [-0.3, -0.25) is 4.72 Å². The van der Waals surface area contributed by atoms with Gasteiger partial charge in [0, 0.05) is 6.07 Å². The first kappa shape index (κ1) is 18.8. The molecule has 0 aliphatic rings. The lowest BCUT2D eigenvalue weighted by molar-refractivity contribution is -0.137. The molecule has 2 rings (SSSR count). The van der Waals surface area contributed by atoms with E-state index in [4.69, 9.17) is 9.47 Å². The molecule has 10 heteroatoms. The van der Waals surface area contributed by atoms with Crippen LogP contribution in [0.2, 0.25) is 0 Å². The number of halogens is 4. The second kappa shape index (κ2) is 6.79.